The van der Waals surface area contributed by atoms with E-state index in [1.165, 1.54) is 30.5 Å². The summed E-state index contributed by atoms with van der Waals surface area (Å²) in [5, 5.41) is 10.6. The predicted molar refractivity (Wildman–Crippen MR) is 156 cm³/mol. The lowest BCUT2D eigenvalue weighted by Gasteiger charge is -2.31. The van der Waals surface area contributed by atoms with Crippen LogP contribution in [0.4, 0.5) is 5.69 Å². The van der Waals surface area contributed by atoms with E-state index < -0.39 is 5.97 Å². The molecule has 0 atom stereocenters. The summed E-state index contributed by atoms with van der Waals surface area (Å²) in [6.07, 6.45) is 8.08. The number of methoxy groups -OCH3 is 1. The fourth-order valence-electron chi connectivity index (χ4n) is 5.60. The molecule has 2 aliphatic rings. The molecule has 0 N–H and O–H groups in total. The van der Waals surface area contributed by atoms with E-state index in [0.29, 0.717) is 30.0 Å². The normalized spacial score (nSPS) is 19.6. The largest absolute Gasteiger partial charge is 0.497 e. The molecule has 1 saturated carbocycles. The van der Waals surface area contributed by atoms with Crippen LogP contribution >= 0.6 is 23.4 Å². The van der Waals surface area contributed by atoms with Gasteiger partial charge in [-0.2, -0.15) is 0 Å². The molecule has 0 spiro atoms. The Hall–Kier alpha value is -2.71. The maximum atomic E-state index is 12.7. The Bertz CT molecular complexity index is 1250. The van der Waals surface area contributed by atoms with Crippen molar-refractivity contribution in [1.29, 1.82) is 0 Å². The molecule has 9 heteroatoms. The molecule has 2 fully saturated rings. The number of anilines is 1. The third-order valence-electron chi connectivity index (χ3n) is 7.74. The summed E-state index contributed by atoms with van der Waals surface area (Å²) in [7, 11) is 1.65. The van der Waals surface area contributed by atoms with Crippen molar-refractivity contribution < 1.29 is 14.3 Å². The topological polar surface area (TPSA) is 69.5 Å². The van der Waals surface area contributed by atoms with Gasteiger partial charge in [0.1, 0.15) is 10.8 Å². The van der Waals surface area contributed by atoms with Gasteiger partial charge >= 0.3 is 5.97 Å². The second kappa shape index (κ2) is 13.1. The van der Waals surface area contributed by atoms with Gasteiger partial charge in [0.25, 0.3) is 0 Å². The number of aromatic nitrogens is 3. The van der Waals surface area contributed by atoms with Crippen molar-refractivity contribution in [3.8, 4) is 5.75 Å². The van der Waals surface area contributed by atoms with Gasteiger partial charge in [-0.05, 0) is 93.2 Å². The van der Waals surface area contributed by atoms with Crippen LogP contribution in [0.5, 0.6) is 5.75 Å². The molecular formula is C30H37ClN4O3S. The first-order chi connectivity index (χ1) is 19.1. The van der Waals surface area contributed by atoms with Crippen molar-refractivity contribution in [2.45, 2.75) is 74.6 Å². The quantitative estimate of drug-likeness (QED) is 0.258. The van der Waals surface area contributed by atoms with E-state index in [1.807, 2.05) is 28.9 Å². The van der Waals surface area contributed by atoms with Crippen LogP contribution in [0, 0.1) is 0 Å². The van der Waals surface area contributed by atoms with Gasteiger partial charge < -0.3 is 14.4 Å². The van der Waals surface area contributed by atoms with Crippen molar-refractivity contribution >= 4 is 35.0 Å². The average Bonchev–Trinajstić information content (AvgIpc) is 3.36. The zero-order valence-electron chi connectivity index (χ0n) is 22.8. The zero-order chi connectivity index (χ0) is 27.2. The monoisotopic (exact) mass is 568 g/mol. The minimum atomic E-state index is -0.418. The van der Waals surface area contributed by atoms with Crippen LogP contribution in [0.25, 0.3) is 0 Å². The highest BCUT2D eigenvalue weighted by atomic mass is 35.5. The van der Waals surface area contributed by atoms with Gasteiger partial charge in [0.15, 0.2) is 0 Å². The van der Waals surface area contributed by atoms with Crippen LogP contribution < -0.4 is 9.64 Å². The Kier molecular flexibility index (Phi) is 9.35. The Morgan fingerprint density at radius 2 is 1.79 bits per heavy atom. The van der Waals surface area contributed by atoms with Crippen molar-refractivity contribution in [1.82, 2.24) is 15.0 Å². The molecule has 208 valence electrons. The van der Waals surface area contributed by atoms with E-state index in [-0.39, 0.29) is 0 Å². The molecule has 1 aliphatic carbocycles. The molecule has 0 unspecified atom stereocenters. The first-order valence-corrected chi connectivity index (χ1v) is 15.3. The summed E-state index contributed by atoms with van der Waals surface area (Å²) in [4.78, 5) is 15.1. The number of carbonyl (C=O) groups is 1. The van der Waals surface area contributed by atoms with Crippen LogP contribution in [-0.2, 0) is 11.3 Å². The summed E-state index contributed by atoms with van der Waals surface area (Å²) >= 11 is 8.47. The first-order valence-electron chi connectivity index (χ1n) is 14.0. The van der Waals surface area contributed by atoms with Crippen molar-refractivity contribution in [3.63, 3.8) is 0 Å². The van der Waals surface area contributed by atoms with E-state index in [0.717, 1.165) is 60.1 Å². The molecule has 0 amide bonds. The number of nitrogens with zero attached hydrogens (tertiary/aromatic N) is 4. The molecule has 3 aromatic rings. The minimum Gasteiger partial charge on any atom is -0.497 e. The van der Waals surface area contributed by atoms with Crippen LogP contribution in [0.2, 0.25) is 5.02 Å². The predicted octanol–water partition coefficient (Wildman–Crippen LogP) is 6.97. The molecule has 7 nitrogen and oxygen atoms in total. The van der Waals surface area contributed by atoms with Gasteiger partial charge in [0.05, 0.1) is 31.0 Å². The van der Waals surface area contributed by atoms with Gasteiger partial charge in [-0.1, -0.05) is 35.0 Å². The number of benzene rings is 2. The summed E-state index contributed by atoms with van der Waals surface area (Å²) in [5.74, 6) is 0.887. The van der Waals surface area contributed by atoms with Crippen molar-refractivity contribution in [3.05, 3.63) is 64.3 Å². The summed E-state index contributed by atoms with van der Waals surface area (Å²) in [6.45, 7) is 4.83. The first kappa shape index (κ1) is 27.8. The van der Waals surface area contributed by atoms with Gasteiger partial charge in [-0.3, -0.25) is 0 Å². The number of hydrogen-bond donors (Lipinski definition) is 0. The molecular weight excluding hydrogens is 532 g/mol. The van der Waals surface area contributed by atoms with Gasteiger partial charge in [-0.25, -0.2) is 9.48 Å². The molecule has 0 radical (unpaired) electrons. The number of carbonyl (C=O) groups excluding carboxylic acids is 1. The number of hydrogen-bond acceptors (Lipinski definition) is 7. The van der Waals surface area contributed by atoms with Crippen LogP contribution in [0.1, 0.15) is 79.4 Å². The lowest BCUT2D eigenvalue weighted by molar-refractivity contribution is 0.0515. The smallest absolute Gasteiger partial charge is 0.361 e. The second-order valence-corrected chi connectivity index (χ2v) is 12.0. The van der Waals surface area contributed by atoms with Crippen molar-refractivity contribution in [2.24, 2.45) is 0 Å². The molecule has 39 heavy (non-hydrogen) atoms. The summed E-state index contributed by atoms with van der Waals surface area (Å²) < 4.78 is 12.4. The summed E-state index contributed by atoms with van der Waals surface area (Å²) in [5.41, 5.74) is 3.88. The Morgan fingerprint density at radius 1 is 1.05 bits per heavy atom. The maximum absolute atomic E-state index is 12.7. The molecule has 2 aromatic carbocycles. The number of ether oxygens (including phenoxy) is 2. The van der Waals surface area contributed by atoms with Gasteiger partial charge in [0.2, 0.25) is 5.69 Å². The Balaban J connectivity index is 1.26. The van der Waals surface area contributed by atoms with Crippen LogP contribution in [0.15, 0.2) is 47.5 Å². The molecule has 1 aliphatic heterocycles. The fraction of sp³-hybridized carbons (Fsp3) is 0.500. The van der Waals surface area contributed by atoms with E-state index in [2.05, 4.69) is 33.4 Å². The second-order valence-electron chi connectivity index (χ2n) is 10.3. The molecule has 5 rings (SSSR count). The fourth-order valence-corrected chi connectivity index (χ4v) is 7.19. The number of thioether (sulfide) groups is 1. The molecule has 0 bridgehead atoms. The Labute approximate surface area is 240 Å². The highest BCUT2D eigenvalue weighted by Gasteiger charge is 2.29. The molecule has 2 heterocycles. The van der Waals surface area contributed by atoms with E-state index in [1.54, 1.807) is 25.8 Å². The number of rotatable bonds is 9. The lowest BCUT2D eigenvalue weighted by atomic mass is 9.84. The minimum absolute atomic E-state index is 0.303. The maximum Gasteiger partial charge on any atom is 0.361 e. The van der Waals surface area contributed by atoms with Gasteiger partial charge in [0, 0.05) is 18.3 Å². The highest BCUT2D eigenvalue weighted by Crippen LogP contribution is 2.42. The Morgan fingerprint density at radius 3 is 2.46 bits per heavy atom. The van der Waals surface area contributed by atoms with E-state index in [4.69, 9.17) is 21.1 Å². The zero-order valence-corrected chi connectivity index (χ0v) is 24.3. The van der Waals surface area contributed by atoms with E-state index >= 15 is 0 Å². The molecule has 1 saturated heterocycles. The van der Waals surface area contributed by atoms with Crippen LogP contribution in [0.3, 0.4) is 0 Å². The molecule has 1 aromatic heterocycles. The van der Waals surface area contributed by atoms with E-state index in [9.17, 15) is 4.79 Å². The third kappa shape index (κ3) is 6.72. The number of halogens is 1. The summed E-state index contributed by atoms with van der Waals surface area (Å²) in [6, 6.07) is 14.6. The van der Waals surface area contributed by atoms with Gasteiger partial charge in [-0.15, -0.1) is 16.9 Å². The SMILES string of the molecule is CCOC(=O)c1nnn(Cc2ccc(OC)cc2)c1SC1CCC(c2ccc(N3CCCCC3)c(Cl)c2)CC1. The standard InChI is InChI=1S/C30H37ClN4O3S/c1-3-38-30(36)28-29(35(33-32-28)20-21-7-12-24(37-2)13-8-21)39-25-14-9-22(10-15-25)23-11-16-27(26(31)19-23)34-17-5-4-6-18-34/h7-8,11-13,16,19,22,25H,3-6,9-10,14-15,17-18,20H2,1-2H3. The lowest BCUT2D eigenvalue weighted by Crippen LogP contribution is -2.29. The highest BCUT2D eigenvalue weighted by molar-refractivity contribution is 7.99. The average molecular weight is 569 g/mol. The number of esters is 1. The van der Waals surface area contributed by atoms with Crippen molar-refractivity contribution in [2.75, 3.05) is 31.7 Å². The van der Waals surface area contributed by atoms with Crippen LogP contribution in [-0.4, -0.2) is 53.0 Å². The third-order valence-corrected chi connectivity index (χ3v) is 9.48. The number of piperidine rings is 1.